The fourth-order valence-electron chi connectivity index (χ4n) is 3.40. The van der Waals surface area contributed by atoms with E-state index in [1.54, 1.807) is 6.07 Å². The highest BCUT2D eigenvalue weighted by Gasteiger charge is 2.28. The first-order chi connectivity index (χ1) is 12.1. The van der Waals surface area contributed by atoms with Gasteiger partial charge in [-0.15, -0.1) is 0 Å². The fourth-order valence-corrected chi connectivity index (χ4v) is 3.40. The van der Waals surface area contributed by atoms with E-state index in [1.807, 2.05) is 35.0 Å². The van der Waals surface area contributed by atoms with Crippen molar-refractivity contribution in [2.45, 2.75) is 45.2 Å². The van der Waals surface area contributed by atoms with Gasteiger partial charge in [0.25, 0.3) is 0 Å². The number of rotatable bonds is 6. The number of carbonyl (C=O) groups excluding carboxylic acids is 1. The van der Waals surface area contributed by atoms with Gasteiger partial charge < -0.3 is 9.64 Å². The number of halogens is 1. The van der Waals surface area contributed by atoms with Gasteiger partial charge in [0.1, 0.15) is 0 Å². The minimum Gasteiger partial charge on any atom is -0.494 e. The fraction of sp³-hybridized carbons (Fsp3) is 0.474. The van der Waals surface area contributed by atoms with Crippen LogP contribution in [0.4, 0.5) is 4.39 Å². The summed E-state index contributed by atoms with van der Waals surface area (Å²) in [4.78, 5) is 14.6. The maximum atomic E-state index is 13.8. The molecule has 0 N–H and O–H groups in total. The minimum absolute atomic E-state index is 0.127. The third-order valence-electron chi connectivity index (χ3n) is 4.70. The van der Waals surface area contributed by atoms with Crippen LogP contribution in [0.3, 0.4) is 0 Å². The van der Waals surface area contributed by atoms with Crippen molar-refractivity contribution in [2.24, 2.45) is 0 Å². The molecule has 1 atom stereocenters. The summed E-state index contributed by atoms with van der Waals surface area (Å²) in [5.74, 6) is -0.0349. The van der Waals surface area contributed by atoms with Gasteiger partial charge in [0.2, 0.25) is 5.91 Å². The molecule has 1 amide bonds. The molecule has 0 saturated carbocycles. The Morgan fingerprint density at radius 3 is 2.96 bits per heavy atom. The number of carbonyl (C=O) groups is 1. The zero-order valence-corrected chi connectivity index (χ0v) is 14.7. The van der Waals surface area contributed by atoms with E-state index in [2.05, 4.69) is 5.10 Å². The molecule has 1 aliphatic heterocycles. The van der Waals surface area contributed by atoms with Crippen LogP contribution in [0.25, 0.3) is 0 Å². The molecule has 0 aliphatic carbocycles. The van der Waals surface area contributed by atoms with Gasteiger partial charge in [-0.1, -0.05) is 6.07 Å². The molecule has 2 heterocycles. The number of ether oxygens (including phenoxy) is 1. The Balaban J connectivity index is 1.57. The lowest BCUT2D eigenvalue weighted by Gasteiger charge is -2.25. The van der Waals surface area contributed by atoms with Crippen LogP contribution in [0.5, 0.6) is 5.75 Å². The third-order valence-corrected chi connectivity index (χ3v) is 4.70. The highest BCUT2D eigenvalue weighted by molar-refractivity contribution is 5.77. The van der Waals surface area contributed by atoms with Crippen LogP contribution in [-0.4, -0.2) is 40.3 Å². The van der Waals surface area contributed by atoms with E-state index in [-0.39, 0.29) is 23.5 Å². The van der Waals surface area contributed by atoms with E-state index in [0.29, 0.717) is 12.8 Å². The molecule has 0 bridgehead atoms. The molecule has 1 fully saturated rings. The van der Waals surface area contributed by atoms with Crippen LogP contribution in [0, 0.1) is 12.7 Å². The molecule has 25 heavy (non-hydrogen) atoms. The lowest BCUT2D eigenvalue weighted by atomic mass is 10.1. The lowest BCUT2D eigenvalue weighted by molar-refractivity contribution is -0.132. The molecule has 0 unspecified atom stereocenters. The quantitative estimate of drug-likeness (QED) is 0.809. The van der Waals surface area contributed by atoms with Gasteiger partial charge in [-0.05, 0) is 49.4 Å². The number of hydrogen-bond donors (Lipinski definition) is 0. The molecule has 1 aromatic heterocycles. The zero-order valence-electron chi connectivity index (χ0n) is 14.7. The summed E-state index contributed by atoms with van der Waals surface area (Å²) in [6, 6.07) is 5.05. The summed E-state index contributed by atoms with van der Waals surface area (Å²) in [5, 5.41) is 4.32. The predicted octanol–water partition coefficient (Wildman–Crippen LogP) is 2.96. The molecule has 1 saturated heterocycles. The van der Waals surface area contributed by atoms with Gasteiger partial charge in [0, 0.05) is 19.2 Å². The predicted molar refractivity (Wildman–Crippen MR) is 93.0 cm³/mol. The molecule has 0 radical (unpaired) electrons. The Hall–Kier alpha value is -2.37. The van der Waals surface area contributed by atoms with Gasteiger partial charge in [0.15, 0.2) is 11.6 Å². The maximum Gasteiger partial charge on any atom is 0.223 e. The highest BCUT2D eigenvalue weighted by atomic mass is 19.1. The van der Waals surface area contributed by atoms with E-state index in [0.717, 1.165) is 37.1 Å². The molecular weight excluding hydrogens is 321 g/mol. The summed E-state index contributed by atoms with van der Waals surface area (Å²) in [5.41, 5.74) is 1.93. The lowest BCUT2D eigenvalue weighted by Crippen LogP contribution is -2.38. The third kappa shape index (κ3) is 4.18. The second-order valence-electron chi connectivity index (χ2n) is 6.59. The Bertz CT molecular complexity index is 744. The first-order valence-electron chi connectivity index (χ1n) is 8.68. The summed E-state index contributed by atoms with van der Waals surface area (Å²) < 4.78 is 20.6. The minimum atomic E-state index is -0.388. The van der Waals surface area contributed by atoms with Gasteiger partial charge in [-0.25, -0.2) is 4.39 Å². The average molecular weight is 345 g/mol. The van der Waals surface area contributed by atoms with E-state index in [9.17, 15) is 9.18 Å². The Labute approximate surface area is 147 Å². The van der Waals surface area contributed by atoms with E-state index in [1.165, 1.54) is 13.2 Å². The van der Waals surface area contributed by atoms with Crippen LogP contribution < -0.4 is 4.74 Å². The van der Waals surface area contributed by atoms with Crippen molar-refractivity contribution in [1.82, 2.24) is 14.7 Å². The Kier molecular flexibility index (Phi) is 5.36. The first kappa shape index (κ1) is 17.5. The molecule has 1 aromatic carbocycles. The van der Waals surface area contributed by atoms with Crippen LogP contribution in [0.2, 0.25) is 0 Å². The highest BCUT2D eigenvalue weighted by Crippen LogP contribution is 2.22. The Morgan fingerprint density at radius 2 is 2.28 bits per heavy atom. The van der Waals surface area contributed by atoms with E-state index < -0.39 is 0 Å². The summed E-state index contributed by atoms with van der Waals surface area (Å²) in [6.07, 6.45) is 6.78. The molecule has 134 valence electrons. The molecule has 6 heteroatoms. The zero-order chi connectivity index (χ0) is 17.8. The van der Waals surface area contributed by atoms with Crippen molar-refractivity contribution < 1.29 is 13.9 Å². The van der Waals surface area contributed by atoms with Crippen LogP contribution in [-0.2, 0) is 17.8 Å². The summed E-state index contributed by atoms with van der Waals surface area (Å²) in [6.45, 7) is 3.53. The van der Waals surface area contributed by atoms with Gasteiger partial charge in [-0.2, -0.15) is 5.10 Å². The Morgan fingerprint density at radius 1 is 1.44 bits per heavy atom. The van der Waals surface area contributed by atoms with Gasteiger partial charge in [-0.3, -0.25) is 9.48 Å². The van der Waals surface area contributed by atoms with Gasteiger partial charge in [0.05, 0.1) is 25.9 Å². The molecule has 1 aliphatic rings. The van der Waals surface area contributed by atoms with Gasteiger partial charge >= 0.3 is 0 Å². The smallest absolute Gasteiger partial charge is 0.223 e. The summed E-state index contributed by atoms with van der Waals surface area (Å²) in [7, 11) is 1.44. The molecule has 0 spiro atoms. The second-order valence-corrected chi connectivity index (χ2v) is 6.59. The average Bonchev–Trinajstić information content (AvgIpc) is 3.22. The van der Waals surface area contributed by atoms with Crippen molar-refractivity contribution in [3.63, 3.8) is 0 Å². The topological polar surface area (TPSA) is 47.4 Å². The molecular formula is C19H24FN3O2. The van der Waals surface area contributed by atoms with Crippen molar-refractivity contribution >= 4 is 5.91 Å². The van der Waals surface area contributed by atoms with Crippen molar-refractivity contribution in [3.8, 4) is 5.75 Å². The number of benzene rings is 1. The first-order valence-corrected chi connectivity index (χ1v) is 8.68. The number of amides is 1. The number of aryl methyl sites for hydroxylation is 2. The van der Waals surface area contributed by atoms with Crippen molar-refractivity contribution in [3.05, 3.63) is 47.5 Å². The molecule has 5 nitrogen and oxygen atoms in total. The maximum absolute atomic E-state index is 13.8. The van der Waals surface area contributed by atoms with Crippen molar-refractivity contribution in [1.29, 1.82) is 0 Å². The number of methoxy groups -OCH3 is 1. The summed E-state index contributed by atoms with van der Waals surface area (Å²) >= 11 is 0. The number of likely N-dealkylation sites (tertiary alicyclic amines) is 1. The van der Waals surface area contributed by atoms with E-state index >= 15 is 0 Å². The SMILES string of the molecule is COc1ccc(CCC(=O)N2CCC[C@@H]2Cn2cc(C)cn2)cc1F. The second kappa shape index (κ2) is 7.68. The normalized spacial score (nSPS) is 17.1. The largest absolute Gasteiger partial charge is 0.494 e. The van der Waals surface area contributed by atoms with Crippen LogP contribution >= 0.6 is 0 Å². The van der Waals surface area contributed by atoms with Crippen LogP contribution in [0.1, 0.15) is 30.4 Å². The standard InChI is InChI=1S/C19H24FN3O2/c1-14-11-21-22(12-14)13-16-4-3-9-23(16)19(24)8-6-15-5-7-18(25-2)17(20)10-15/h5,7,10-12,16H,3-4,6,8-9,13H2,1-2H3/t16-/m1/s1. The van der Waals surface area contributed by atoms with E-state index in [4.69, 9.17) is 4.74 Å². The van der Waals surface area contributed by atoms with Crippen molar-refractivity contribution in [2.75, 3.05) is 13.7 Å². The number of hydrogen-bond acceptors (Lipinski definition) is 3. The van der Waals surface area contributed by atoms with Crippen LogP contribution in [0.15, 0.2) is 30.6 Å². The molecule has 3 rings (SSSR count). The number of nitrogens with zero attached hydrogens (tertiary/aromatic N) is 3. The number of aromatic nitrogens is 2. The molecule has 2 aromatic rings. The monoisotopic (exact) mass is 345 g/mol.